The minimum absolute atomic E-state index is 0.243. The van der Waals surface area contributed by atoms with E-state index in [9.17, 15) is 0 Å². The Hall–Kier alpha value is -1.28. The number of piperazine rings is 1. The van der Waals surface area contributed by atoms with Gasteiger partial charge in [0.2, 0.25) is 0 Å². The Labute approximate surface area is 192 Å². The molecule has 0 amide bonds. The average molecular weight is 446 g/mol. The van der Waals surface area contributed by atoms with Gasteiger partial charge in [-0.25, -0.2) is 0 Å². The number of morpholine rings is 1. The van der Waals surface area contributed by atoms with Crippen molar-refractivity contribution in [3.05, 3.63) is 35.9 Å². The second-order valence-corrected chi connectivity index (χ2v) is 9.99. The summed E-state index contributed by atoms with van der Waals surface area (Å²) < 4.78 is 5.61. The topological polar surface area (TPSA) is 43.3 Å². The molecule has 0 spiro atoms. The second-order valence-electron chi connectivity index (χ2n) is 8.88. The first-order valence-corrected chi connectivity index (χ1v) is 13.1. The smallest absolute Gasteiger partial charge is 0.193 e. The first kappa shape index (κ1) is 22.9. The molecule has 3 heterocycles. The van der Waals surface area contributed by atoms with Gasteiger partial charge in [-0.05, 0) is 24.2 Å². The summed E-state index contributed by atoms with van der Waals surface area (Å²) in [5.41, 5.74) is 1.68. The number of ether oxygens (including phenoxy) is 1. The maximum atomic E-state index is 5.61. The molecule has 6 nitrogen and oxygen atoms in total. The molecule has 3 saturated heterocycles. The molecule has 1 aromatic rings. The van der Waals surface area contributed by atoms with Crippen molar-refractivity contribution < 1.29 is 4.74 Å². The normalized spacial score (nSPS) is 27.4. The second kappa shape index (κ2) is 11.0. The van der Waals surface area contributed by atoms with Gasteiger partial charge in [-0.2, -0.15) is 11.8 Å². The molecule has 3 aliphatic rings. The highest BCUT2D eigenvalue weighted by atomic mass is 32.2. The van der Waals surface area contributed by atoms with E-state index in [0.29, 0.717) is 6.04 Å². The van der Waals surface area contributed by atoms with E-state index in [4.69, 9.17) is 4.74 Å². The summed E-state index contributed by atoms with van der Waals surface area (Å²) in [6, 6.07) is 11.5. The van der Waals surface area contributed by atoms with Crippen molar-refractivity contribution in [1.82, 2.24) is 20.0 Å². The van der Waals surface area contributed by atoms with Gasteiger partial charge in [-0.1, -0.05) is 37.3 Å². The molecule has 2 unspecified atom stereocenters. The van der Waals surface area contributed by atoms with Crippen molar-refractivity contribution in [2.24, 2.45) is 4.99 Å². The minimum atomic E-state index is 0.243. The Bertz CT molecular complexity index is 695. The fourth-order valence-corrected chi connectivity index (χ4v) is 6.81. The van der Waals surface area contributed by atoms with Crippen LogP contribution in [-0.2, 0) is 4.74 Å². The van der Waals surface area contributed by atoms with Gasteiger partial charge >= 0.3 is 0 Å². The van der Waals surface area contributed by atoms with Crippen LogP contribution in [0.4, 0.5) is 0 Å². The predicted molar refractivity (Wildman–Crippen MR) is 131 cm³/mol. The molecule has 0 aliphatic carbocycles. The SMILES string of the molecule is CCC(c1ccccc1)N1CCN(C(=NC)NCC2(N3CCOCC3)CCSC2)CC1. The number of thioether (sulfide) groups is 1. The number of hydrogen-bond acceptors (Lipinski definition) is 5. The maximum absolute atomic E-state index is 5.61. The number of benzene rings is 1. The van der Waals surface area contributed by atoms with Crippen molar-refractivity contribution in [3.63, 3.8) is 0 Å². The van der Waals surface area contributed by atoms with Gasteiger partial charge in [0.1, 0.15) is 0 Å². The maximum Gasteiger partial charge on any atom is 0.193 e. The Balaban J connectivity index is 1.33. The molecule has 1 aromatic carbocycles. The molecular weight excluding hydrogens is 406 g/mol. The lowest BCUT2D eigenvalue weighted by molar-refractivity contribution is -0.0122. The van der Waals surface area contributed by atoms with Crippen LogP contribution in [0.5, 0.6) is 0 Å². The molecule has 2 atom stereocenters. The zero-order chi connectivity index (χ0) is 21.5. The Kier molecular flexibility index (Phi) is 8.15. The molecule has 0 bridgehead atoms. The van der Waals surface area contributed by atoms with Crippen molar-refractivity contribution in [3.8, 4) is 0 Å². The van der Waals surface area contributed by atoms with Crippen LogP contribution in [0.2, 0.25) is 0 Å². The highest BCUT2D eigenvalue weighted by Gasteiger charge is 2.41. The molecule has 172 valence electrons. The fraction of sp³-hybridized carbons (Fsp3) is 0.708. The van der Waals surface area contributed by atoms with Crippen LogP contribution in [-0.4, -0.2) is 104 Å². The summed E-state index contributed by atoms with van der Waals surface area (Å²) >= 11 is 2.09. The van der Waals surface area contributed by atoms with Crippen molar-refractivity contribution in [1.29, 1.82) is 0 Å². The molecule has 1 N–H and O–H groups in total. The lowest BCUT2D eigenvalue weighted by atomic mass is 9.95. The number of nitrogens with one attached hydrogen (secondary N) is 1. The molecule has 3 fully saturated rings. The van der Waals surface area contributed by atoms with Crippen LogP contribution < -0.4 is 5.32 Å². The van der Waals surface area contributed by atoms with Gasteiger partial charge in [-0.15, -0.1) is 0 Å². The highest BCUT2D eigenvalue weighted by Crippen LogP contribution is 2.33. The largest absolute Gasteiger partial charge is 0.379 e. The summed E-state index contributed by atoms with van der Waals surface area (Å²) in [6.07, 6.45) is 2.40. The van der Waals surface area contributed by atoms with Crippen LogP contribution in [0.25, 0.3) is 0 Å². The monoisotopic (exact) mass is 445 g/mol. The number of hydrogen-bond donors (Lipinski definition) is 1. The van der Waals surface area contributed by atoms with Gasteiger partial charge in [0.25, 0.3) is 0 Å². The van der Waals surface area contributed by atoms with Crippen molar-refractivity contribution in [2.45, 2.75) is 31.3 Å². The zero-order valence-corrected chi connectivity index (χ0v) is 20.1. The van der Waals surface area contributed by atoms with E-state index in [-0.39, 0.29) is 5.54 Å². The first-order chi connectivity index (χ1) is 15.3. The van der Waals surface area contributed by atoms with Gasteiger partial charge in [0.05, 0.1) is 13.2 Å². The van der Waals surface area contributed by atoms with Crippen molar-refractivity contribution in [2.75, 3.05) is 77.6 Å². The Morgan fingerprint density at radius 1 is 1.13 bits per heavy atom. The molecule has 0 saturated carbocycles. The summed E-state index contributed by atoms with van der Waals surface area (Å²) in [7, 11) is 1.93. The van der Waals surface area contributed by atoms with E-state index in [2.05, 4.69) is 74.0 Å². The highest BCUT2D eigenvalue weighted by molar-refractivity contribution is 7.99. The number of guanidine groups is 1. The summed E-state index contributed by atoms with van der Waals surface area (Å²) in [5.74, 6) is 3.53. The van der Waals surface area contributed by atoms with Crippen LogP contribution in [0.1, 0.15) is 31.4 Å². The Morgan fingerprint density at radius 2 is 1.87 bits per heavy atom. The molecular formula is C24H39N5OS. The van der Waals surface area contributed by atoms with Gasteiger partial charge < -0.3 is 15.0 Å². The van der Waals surface area contributed by atoms with E-state index in [0.717, 1.165) is 71.4 Å². The molecule has 7 heteroatoms. The van der Waals surface area contributed by atoms with Crippen LogP contribution in [0, 0.1) is 0 Å². The van der Waals surface area contributed by atoms with Crippen LogP contribution in [0.15, 0.2) is 35.3 Å². The molecule has 4 rings (SSSR count). The quantitative estimate of drug-likeness (QED) is 0.536. The molecule has 0 aromatic heterocycles. The average Bonchev–Trinajstić information content (AvgIpc) is 3.32. The summed E-state index contributed by atoms with van der Waals surface area (Å²) in [6.45, 7) is 11.3. The minimum Gasteiger partial charge on any atom is -0.379 e. The Morgan fingerprint density at radius 3 is 2.48 bits per heavy atom. The molecule has 3 aliphatic heterocycles. The van der Waals surface area contributed by atoms with E-state index in [1.165, 1.54) is 23.5 Å². The summed E-state index contributed by atoms with van der Waals surface area (Å²) in [4.78, 5) is 12.4. The number of aliphatic imine (C=N–C) groups is 1. The van der Waals surface area contributed by atoms with E-state index < -0.39 is 0 Å². The summed E-state index contributed by atoms with van der Waals surface area (Å²) in [5, 5.41) is 3.77. The standard InChI is InChI=1S/C24H39N5OS/c1-3-22(21-7-5-4-6-8-21)27-10-12-28(13-11-27)23(25-2)26-19-24(9-18-31-20-24)29-14-16-30-17-15-29/h4-8,22H,3,9-20H2,1-2H3,(H,25,26). The van der Waals surface area contributed by atoms with Gasteiger partial charge in [-0.3, -0.25) is 14.8 Å². The lowest BCUT2D eigenvalue weighted by Gasteiger charge is -2.44. The van der Waals surface area contributed by atoms with E-state index >= 15 is 0 Å². The van der Waals surface area contributed by atoms with Gasteiger partial charge in [0, 0.05) is 70.2 Å². The first-order valence-electron chi connectivity index (χ1n) is 11.9. The third kappa shape index (κ3) is 5.38. The van der Waals surface area contributed by atoms with Crippen LogP contribution >= 0.6 is 11.8 Å². The number of rotatable bonds is 6. The zero-order valence-electron chi connectivity index (χ0n) is 19.3. The predicted octanol–water partition coefficient (Wildman–Crippen LogP) is 2.54. The third-order valence-electron chi connectivity index (χ3n) is 7.18. The lowest BCUT2D eigenvalue weighted by Crippen LogP contribution is -2.61. The number of nitrogens with zero attached hydrogens (tertiary/aromatic N) is 4. The van der Waals surface area contributed by atoms with Crippen molar-refractivity contribution >= 4 is 17.7 Å². The van der Waals surface area contributed by atoms with E-state index in [1.54, 1.807) is 0 Å². The fourth-order valence-electron chi connectivity index (χ4n) is 5.34. The van der Waals surface area contributed by atoms with Crippen LogP contribution in [0.3, 0.4) is 0 Å². The third-order valence-corrected chi connectivity index (χ3v) is 8.41. The molecule has 31 heavy (non-hydrogen) atoms. The van der Waals surface area contributed by atoms with Gasteiger partial charge in [0.15, 0.2) is 5.96 Å². The van der Waals surface area contributed by atoms with E-state index in [1.807, 2.05) is 7.05 Å². The molecule has 0 radical (unpaired) electrons.